The number of carbonyl (C=O) groups is 1. The maximum absolute atomic E-state index is 12.4. The van der Waals surface area contributed by atoms with E-state index in [9.17, 15) is 4.79 Å². The Balaban J connectivity index is 1.48. The molecule has 162 valence electrons. The number of carbonyl (C=O) groups excluding carboxylic acids is 1. The summed E-state index contributed by atoms with van der Waals surface area (Å²) in [7, 11) is 4.95. The maximum Gasteiger partial charge on any atom is 0.222 e. The number of ether oxygens (including phenoxy) is 3. The second kappa shape index (κ2) is 10.9. The van der Waals surface area contributed by atoms with Crippen LogP contribution < -0.4 is 19.5 Å². The zero-order valence-corrected chi connectivity index (χ0v) is 18.1. The minimum Gasteiger partial charge on any atom is -0.497 e. The van der Waals surface area contributed by atoms with Crippen LogP contribution >= 0.6 is 0 Å². The number of hydrogen-bond acceptors (Lipinski definition) is 5. The normalized spacial score (nSPS) is 16.0. The molecule has 30 heavy (non-hydrogen) atoms. The zero-order valence-electron chi connectivity index (χ0n) is 18.1. The largest absolute Gasteiger partial charge is 0.497 e. The molecule has 2 aromatic carbocycles. The fourth-order valence-corrected chi connectivity index (χ4v) is 3.97. The SMILES string of the molecule is COc1cccc(CNCC[C@H]2CCC(=O)N2CCc2ccc(OC)c(OC)c2)c1. The highest BCUT2D eigenvalue weighted by Crippen LogP contribution is 2.28. The van der Waals surface area contributed by atoms with Gasteiger partial charge in [0.05, 0.1) is 21.3 Å². The minimum absolute atomic E-state index is 0.258. The van der Waals surface area contributed by atoms with Crippen LogP contribution in [0.25, 0.3) is 0 Å². The Kier molecular flexibility index (Phi) is 7.97. The van der Waals surface area contributed by atoms with Crippen molar-refractivity contribution in [3.63, 3.8) is 0 Å². The van der Waals surface area contributed by atoms with Crippen molar-refractivity contribution in [2.75, 3.05) is 34.4 Å². The van der Waals surface area contributed by atoms with Crippen LogP contribution in [-0.4, -0.2) is 51.3 Å². The van der Waals surface area contributed by atoms with Crippen LogP contribution in [0.5, 0.6) is 17.2 Å². The predicted molar refractivity (Wildman–Crippen MR) is 117 cm³/mol. The molecule has 6 nitrogen and oxygen atoms in total. The Morgan fingerprint density at radius 3 is 2.60 bits per heavy atom. The number of rotatable bonds is 11. The van der Waals surface area contributed by atoms with Gasteiger partial charge in [0.25, 0.3) is 0 Å². The second-order valence-electron chi connectivity index (χ2n) is 7.54. The van der Waals surface area contributed by atoms with Crippen molar-refractivity contribution in [2.45, 2.75) is 38.3 Å². The summed E-state index contributed by atoms with van der Waals surface area (Å²) < 4.78 is 16.0. The second-order valence-corrected chi connectivity index (χ2v) is 7.54. The first-order chi connectivity index (χ1) is 14.6. The predicted octanol–water partition coefficient (Wildman–Crippen LogP) is 3.43. The van der Waals surface area contributed by atoms with E-state index in [2.05, 4.69) is 11.4 Å². The number of methoxy groups -OCH3 is 3. The van der Waals surface area contributed by atoms with Gasteiger partial charge in [-0.05, 0) is 61.2 Å². The number of likely N-dealkylation sites (tertiary alicyclic amines) is 1. The smallest absolute Gasteiger partial charge is 0.222 e. The van der Waals surface area contributed by atoms with Crippen molar-refractivity contribution >= 4 is 5.91 Å². The molecular formula is C24H32N2O4. The Morgan fingerprint density at radius 1 is 1.00 bits per heavy atom. The molecule has 0 aliphatic carbocycles. The third kappa shape index (κ3) is 5.66. The van der Waals surface area contributed by atoms with E-state index in [0.29, 0.717) is 12.5 Å². The molecule has 1 atom stereocenters. The number of benzene rings is 2. The molecule has 0 radical (unpaired) electrons. The van der Waals surface area contributed by atoms with E-state index in [1.54, 1.807) is 21.3 Å². The van der Waals surface area contributed by atoms with Crippen LogP contribution in [0, 0.1) is 0 Å². The Morgan fingerprint density at radius 2 is 1.83 bits per heavy atom. The lowest BCUT2D eigenvalue weighted by molar-refractivity contribution is -0.129. The van der Waals surface area contributed by atoms with Crippen LogP contribution in [0.1, 0.15) is 30.4 Å². The van der Waals surface area contributed by atoms with Gasteiger partial charge in [-0.2, -0.15) is 0 Å². The number of nitrogens with one attached hydrogen (secondary N) is 1. The molecule has 0 saturated carbocycles. The fraction of sp³-hybridized carbons (Fsp3) is 0.458. The lowest BCUT2D eigenvalue weighted by Gasteiger charge is -2.25. The molecule has 1 heterocycles. The van der Waals surface area contributed by atoms with Gasteiger partial charge in [0.1, 0.15) is 5.75 Å². The van der Waals surface area contributed by atoms with Crippen molar-refractivity contribution < 1.29 is 19.0 Å². The monoisotopic (exact) mass is 412 g/mol. The van der Waals surface area contributed by atoms with E-state index >= 15 is 0 Å². The molecule has 2 aromatic rings. The molecule has 1 saturated heterocycles. The summed E-state index contributed by atoms with van der Waals surface area (Å²) in [6.45, 7) is 2.40. The van der Waals surface area contributed by atoms with Crippen LogP contribution in [0.3, 0.4) is 0 Å². The van der Waals surface area contributed by atoms with Crippen molar-refractivity contribution in [1.82, 2.24) is 10.2 Å². The van der Waals surface area contributed by atoms with Gasteiger partial charge in [-0.15, -0.1) is 0 Å². The Hall–Kier alpha value is -2.73. The average Bonchev–Trinajstić information content (AvgIpc) is 3.14. The summed E-state index contributed by atoms with van der Waals surface area (Å²) in [6.07, 6.45) is 3.35. The first-order valence-corrected chi connectivity index (χ1v) is 10.5. The topological polar surface area (TPSA) is 60.0 Å². The molecule has 3 rings (SSSR count). The molecule has 6 heteroatoms. The Labute approximate surface area is 179 Å². The molecule has 1 N–H and O–H groups in total. The van der Waals surface area contributed by atoms with Crippen LogP contribution in [0.2, 0.25) is 0 Å². The highest BCUT2D eigenvalue weighted by molar-refractivity contribution is 5.78. The van der Waals surface area contributed by atoms with Crippen molar-refractivity contribution in [2.24, 2.45) is 0 Å². The van der Waals surface area contributed by atoms with Crippen molar-refractivity contribution in [3.05, 3.63) is 53.6 Å². The van der Waals surface area contributed by atoms with E-state index in [-0.39, 0.29) is 5.91 Å². The van der Waals surface area contributed by atoms with Gasteiger partial charge in [0, 0.05) is 25.6 Å². The minimum atomic E-state index is 0.258. The summed E-state index contributed by atoms with van der Waals surface area (Å²) in [6, 6.07) is 14.3. The molecule has 0 unspecified atom stereocenters. The number of hydrogen-bond donors (Lipinski definition) is 1. The van der Waals surface area contributed by atoms with Crippen LogP contribution in [0.15, 0.2) is 42.5 Å². The van der Waals surface area contributed by atoms with Gasteiger partial charge >= 0.3 is 0 Å². The molecule has 0 aromatic heterocycles. The molecule has 1 aliphatic rings. The van der Waals surface area contributed by atoms with Gasteiger partial charge in [0.15, 0.2) is 11.5 Å². The molecule has 0 bridgehead atoms. The molecule has 1 amide bonds. The number of nitrogens with zero attached hydrogens (tertiary/aromatic N) is 1. The first kappa shape index (κ1) is 22.0. The van der Waals surface area contributed by atoms with E-state index in [4.69, 9.17) is 14.2 Å². The van der Waals surface area contributed by atoms with Gasteiger partial charge in [-0.25, -0.2) is 0 Å². The third-order valence-electron chi connectivity index (χ3n) is 5.66. The number of amides is 1. The summed E-state index contributed by atoms with van der Waals surface area (Å²) in [5.74, 6) is 2.57. The van der Waals surface area contributed by atoms with Crippen LogP contribution in [0.4, 0.5) is 0 Å². The van der Waals surface area contributed by atoms with Gasteiger partial charge < -0.3 is 24.4 Å². The highest BCUT2D eigenvalue weighted by Gasteiger charge is 2.29. The molecule has 1 aliphatic heterocycles. The van der Waals surface area contributed by atoms with Gasteiger partial charge in [-0.1, -0.05) is 18.2 Å². The van der Waals surface area contributed by atoms with E-state index in [1.165, 1.54) is 5.56 Å². The van der Waals surface area contributed by atoms with Crippen molar-refractivity contribution in [3.8, 4) is 17.2 Å². The lowest BCUT2D eigenvalue weighted by atomic mass is 10.1. The van der Waals surface area contributed by atoms with E-state index < -0.39 is 0 Å². The van der Waals surface area contributed by atoms with Crippen molar-refractivity contribution in [1.29, 1.82) is 0 Å². The highest BCUT2D eigenvalue weighted by atomic mass is 16.5. The summed E-state index contributed by atoms with van der Waals surface area (Å²) in [5.41, 5.74) is 2.34. The standard InChI is InChI=1S/C24H32N2O4/c1-28-21-6-4-5-19(15-21)17-25-13-11-20-8-10-24(27)26(20)14-12-18-7-9-22(29-2)23(16-18)30-3/h4-7,9,15-16,20,25H,8,10-14,17H2,1-3H3/t20-/m1/s1. The summed E-state index contributed by atoms with van der Waals surface area (Å²) in [5, 5.41) is 3.49. The molecule has 1 fully saturated rings. The third-order valence-corrected chi connectivity index (χ3v) is 5.66. The summed E-state index contributed by atoms with van der Waals surface area (Å²) >= 11 is 0. The lowest BCUT2D eigenvalue weighted by Crippen LogP contribution is -2.36. The van der Waals surface area contributed by atoms with Crippen LogP contribution in [-0.2, 0) is 17.8 Å². The van der Waals surface area contributed by atoms with Gasteiger partial charge in [0.2, 0.25) is 5.91 Å². The summed E-state index contributed by atoms with van der Waals surface area (Å²) in [4.78, 5) is 14.4. The Bertz CT molecular complexity index is 840. The maximum atomic E-state index is 12.4. The molecule has 0 spiro atoms. The van der Waals surface area contributed by atoms with E-state index in [1.807, 2.05) is 41.3 Å². The molecular weight excluding hydrogens is 380 g/mol. The van der Waals surface area contributed by atoms with Gasteiger partial charge in [-0.3, -0.25) is 4.79 Å². The first-order valence-electron chi connectivity index (χ1n) is 10.5. The van der Waals surface area contributed by atoms with E-state index in [0.717, 1.165) is 61.7 Å². The quantitative estimate of drug-likeness (QED) is 0.573. The fourth-order valence-electron chi connectivity index (χ4n) is 3.97. The average molecular weight is 413 g/mol. The zero-order chi connectivity index (χ0) is 21.3.